The van der Waals surface area contributed by atoms with E-state index in [9.17, 15) is 0 Å². The molecule has 2 heteroatoms. The van der Waals surface area contributed by atoms with Gasteiger partial charge in [0.05, 0.1) is 0 Å². The summed E-state index contributed by atoms with van der Waals surface area (Å²) < 4.78 is 0. The van der Waals surface area contributed by atoms with Crippen molar-refractivity contribution in [3.63, 3.8) is 0 Å². The SMILES string of the molecule is CCC(C)CN1CCC2CNCC2C1. The van der Waals surface area contributed by atoms with Gasteiger partial charge in [-0.2, -0.15) is 0 Å². The Morgan fingerprint density at radius 3 is 2.93 bits per heavy atom. The Morgan fingerprint density at radius 2 is 2.14 bits per heavy atom. The maximum absolute atomic E-state index is 3.53. The Balaban J connectivity index is 1.79. The predicted octanol–water partition coefficient (Wildman–Crippen LogP) is 1.57. The second kappa shape index (κ2) is 4.63. The molecule has 2 heterocycles. The number of nitrogens with zero attached hydrogens (tertiary/aromatic N) is 1. The topological polar surface area (TPSA) is 15.3 Å². The minimum Gasteiger partial charge on any atom is -0.316 e. The molecule has 2 rings (SSSR count). The van der Waals surface area contributed by atoms with Crippen LogP contribution in [0.5, 0.6) is 0 Å². The van der Waals surface area contributed by atoms with Crippen LogP contribution in [0.3, 0.4) is 0 Å². The second-order valence-electron chi connectivity index (χ2n) is 5.24. The summed E-state index contributed by atoms with van der Waals surface area (Å²) in [5, 5.41) is 3.53. The average molecular weight is 196 g/mol. The van der Waals surface area contributed by atoms with E-state index >= 15 is 0 Å². The number of fused-ring (bicyclic) bond motifs is 1. The lowest BCUT2D eigenvalue weighted by Gasteiger charge is -2.35. The number of hydrogen-bond donors (Lipinski definition) is 1. The number of likely N-dealkylation sites (tertiary alicyclic amines) is 1. The molecule has 0 aliphatic carbocycles. The summed E-state index contributed by atoms with van der Waals surface area (Å²) in [5.41, 5.74) is 0. The molecule has 3 atom stereocenters. The predicted molar refractivity (Wildman–Crippen MR) is 60.4 cm³/mol. The zero-order chi connectivity index (χ0) is 9.97. The molecule has 0 amide bonds. The van der Waals surface area contributed by atoms with Crippen LogP contribution in [0.15, 0.2) is 0 Å². The highest BCUT2D eigenvalue weighted by Crippen LogP contribution is 2.26. The lowest BCUT2D eigenvalue weighted by molar-refractivity contribution is 0.131. The molecule has 1 N–H and O–H groups in total. The van der Waals surface area contributed by atoms with Gasteiger partial charge < -0.3 is 10.2 Å². The lowest BCUT2D eigenvalue weighted by Crippen LogP contribution is -2.41. The van der Waals surface area contributed by atoms with E-state index in [1.807, 2.05) is 0 Å². The molecule has 0 spiro atoms. The van der Waals surface area contributed by atoms with Crippen molar-refractivity contribution in [3.05, 3.63) is 0 Å². The van der Waals surface area contributed by atoms with Crippen molar-refractivity contribution in [1.82, 2.24) is 10.2 Å². The molecule has 0 bridgehead atoms. The van der Waals surface area contributed by atoms with Gasteiger partial charge in [0.25, 0.3) is 0 Å². The molecule has 14 heavy (non-hydrogen) atoms. The first-order valence-corrected chi connectivity index (χ1v) is 6.22. The van der Waals surface area contributed by atoms with Gasteiger partial charge in [-0.1, -0.05) is 20.3 Å². The van der Waals surface area contributed by atoms with Gasteiger partial charge in [-0.3, -0.25) is 0 Å². The normalized spacial score (nSPS) is 35.6. The first-order valence-electron chi connectivity index (χ1n) is 6.22. The lowest BCUT2D eigenvalue weighted by atomic mass is 9.88. The van der Waals surface area contributed by atoms with Crippen molar-refractivity contribution >= 4 is 0 Å². The molecule has 82 valence electrons. The van der Waals surface area contributed by atoms with Gasteiger partial charge in [0.15, 0.2) is 0 Å². The Hall–Kier alpha value is -0.0800. The van der Waals surface area contributed by atoms with E-state index in [1.165, 1.54) is 45.6 Å². The van der Waals surface area contributed by atoms with E-state index in [0.29, 0.717) is 0 Å². The summed E-state index contributed by atoms with van der Waals surface area (Å²) in [4.78, 5) is 2.68. The van der Waals surface area contributed by atoms with Gasteiger partial charge in [-0.15, -0.1) is 0 Å². The van der Waals surface area contributed by atoms with Crippen LogP contribution in [0.1, 0.15) is 26.7 Å². The van der Waals surface area contributed by atoms with Gasteiger partial charge in [0.2, 0.25) is 0 Å². The van der Waals surface area contributed by atoms with E-state index < -0.39 is 0 Å². The summed E-state index contributed by atoms with van der Waals surface area (Å²) in [7, 11) is 0. The van der Waals surface area contributed by atoms with Gasteiger partial charge >= 0.3 is 0 Å². The summed E-state index contributed by atoms with van der Waals surface area (Å²) in [6.07, 6.45) is 2.75. The van der Waals surface area contributed by atoms with Gasteiger partial charge in [-0.25, -0.2) is 0 Å². The van der Waals surface area contributed by atoms with Crippen LogP contribution < -0.4 is 5.32 Å². The van der Waals surface area contributed by atoms with E-state index in [1.54, 1.807) is 0 Å². The molecular weight excluding hydrogens is 172 g/mol. The Labute approximate surface area is 88.1 Å². The van der Waals surface area contributed by atoms with E-state index in [-0.39, 0.29) is 0 Å². The maximum Gasteiger partial charge on any atom is 0.00251 e. The highest BCUT2D eigenvalue weighted by atomic mass is 15.1. The van der Waals surface area contributed by atoms with Crippen LogP contribution in [0, 0.1) is 17.8 Å². The Morgan fingerprint density at radius 1 is 1.36 bits per heavy atom. The van der Waals surface area contributed by atoms with E-state index in [0.717, 1.165) is 17.8 Å². The maximum atomic E-state index is 3.53. The van der Waals surface area contributed by atoms with E-state index in [4.69, 9.17) is 0 Å². The van der Waals surface area contributed by atoms with Crippen LogP contribution in [0.25, 0.3) is 0 Å². The summed E-state index contributed by atoms with van der Waals surface area (Å²) >= 11 is 0. The number of hydrogen-bond acceptors (Lipinski definition) is 2. The third-order valence-corrected chi connectivity index (χ3v) is 4.06. The van der Waals surface area contributed by atoms with Crippen LogP contribution in [-0.4, -0.2) is 37.6 Å². The molecular formula is C12H24N2. The van der Waals surface area contributed by atoms with Crippen LogP contribution in [-0.2, 0) is 0 Å². The molecule has 3 unspecified atom stereocenters. The second-order valence-corrected chi connectivity index (χ2v) is 5.24. The van der Waals surface area contributed by atoms with Gasteiger partial charge in [0.1, 0.15) is 0 Å². The molecule has 2 fully saturated rings. The van der Waals surface area contributed by atoms with Crippen molar-refractivity contribution in [2.75, 3.05) is 32.7 Å². The molecule has 2 saturated heterocycles. The first-order chi connectivity index (χ1) is 6.79. The van der Waals surface area contributed by atoms with Crippen molar-refractivity contribution in [3.8, 4) is 0 Å². The van der Waals surface area contributed by atoms with Crippen LogP contribution in [0.4, 0.5) is 0 Å². The monoisotopic (exact) mass is 196 g/mol. The fourth-order valence-electron chi connectivity index (χ4n) is 2.85. The van der Waals surface area contributed by atoms with Crippen LogP contribution >= 0.6 is 0 Å². The minimum atomic E-state index is 0.876. The Kier molecular flexibility index (Phi) is 3.45. The molecule has 2 nitrogen and oxygen atoms in total. The van der Waals surface area contributed by atoms with Crippen molar-refractivity contribution < 1.29 is 0 Å². The zero-order valence-corrected chi connectivity index (χ0v) is 9.63. The summed E-state index contributed by atoms with van der Waals surface area (Å²) in [6.45, 7) is 11.2. The quantitative estimate of drug-likeness (QED) is 0.737. The smallest absolute Gasteiger partial charge is 0.00251 e. The third-order valence-electron chi connectivity index (χ3n) is 4.06. The fraction of sp³-hybridized carbons (Fsp3) is 1.00. The number of rotatable bonds is 3. The highest BCUT2D eigenvalue weighted by molar-refractivity contribution is 4.88. The summed E-state index contributed by atoms with van der Waals surface area (Å²) in [6, 6.07) is 0. The molecule has 2 aliphatic rings. The zero-order valence-electron chi connectivity index (χ0n) is 9.63. The standard InChI is InChI=1S/C12H24N2/c1-3-10(2)8-14-5-4-11-6-13-7-12(11)9-14/h10-13H,3-9H2,1-2H3. The molecule has 0 saturated carbocycles. The third kappa shape index (κ3) is 2.29. The van der Waals surface area contributed by atoms with Gasteiger partial charge in [-0.05, 0) is 43.8 Å². The molecule has 2 aliphatic heterocycles. The molecule has 0 radical (unpaired) electrons. The number of nitrogens with one attached hydrogen (secondary N) is 1. The first kappa shape index (κ1) is 10.4. The van der Waals surface area contributed by atoms with Crippen molar-refractivity contribution in [1.29, 1.82) is 0 Å². The largest absolute Gasteiger partial charge is 0.316 e. The highest BCUT2D eigenvalue weighted by Gasteiger charge is 2.32. The molecule has 0 aromatic carbocycles. The van der Waals surface area contributed by atoms with Crippen molar-refractivity contribution in [2.24, 2.45) is 17.8 Å². The molecule has 0 aromatic heterocycles. The minimum absolute atomic E-state index is 0.876. The van der Waals surface area contributed by atoms with E-state index in [2.05, 4.69) is 24.1 Å². The van der Waals surface area contributed by atoms with Gasteiger partial charge in [0, 0.05) is 13.1 Å². The van der Waals surface area contributed by atoms with Crippen LogP contribution in [0.2, 0.25) is 0 Å². The number of piperidine rings is 1. The van der Waals surface area contributed by atoms with Crippen molar-refractivity contribution in [2.45, 2.75) is 26.7 Å². The molecule has 0 aromatic rings. The average Bonchev–Trinajstić information content (AvgIpc) is 2.64. The fourth-order valence-corrected chi connectivity index (χ4v) is 2.85. The Bertz CT molecular complexity index is 181. The summed E-state index contributed by atoms with van der Waals surface area (Å²) in [5.74, 6) is 2.82.